The Balaban J connectivity index is 1.37. The van der Waals surface area contributed by atoms with Gasteiger partial charge in [0.25, 0.3) is 0 Å². The Bertz CT molecular complexity index is 1130. The highest BCUT2D eigenvalue weighted by atomic mass is 16.3. The third kappa shape index (κ3) is 2.70. The third-order valence-electron chi connectivity index (χ3n) is 4.99. The van der Waals surface area contributed by atoms with Crippen LogP contribution in [0.1, 0.15) is 17.9 Å². The van der Waals surface area contributed by atoms with Crippen LogP contribution in [0.3, 0.4) is 0 Å². The molecule has 1 unspecified atom stereocenters. The lowest BCUT2D eigenvalue weighted by Crippen LogP contribution is -2.04. The normalized spacial score (nSPS) is 16.8. The monoisotopic (exact) mass is 337 g/mol. The lowest BCUT2D eigenvalue weighted by Gasteiger charge is -2.17. The van der Waals surface area contributed by atoms with Gasteiger partial charge in [0.15, 0.2) is 0 Å². The lowest BCUT2D eigenvalue weighted by atomic mass is 9.92. The molecule has 1 atom stereocenters. The molecule has 0 bridgehead atoms. The predicted octanol–water partition coefficient (Wildman–Crippen LogP) is 6.63. The van der Waals surface area contributed by atoms with Crippen LogP contribution < -0.4 is 5.32 Å². The highest BCUT2D eigenvalue weighted by molar-refractivity contribution is 6.05. The molecule has 5 rings (SSSR count). The van der Waals surface area contributed by atoms with Crippen molar-refractivity contribution in [2.45, 2.75) is 12.3 Å². The number of allylic oxidation sites excluding steroid dienone is 3. The number of anilines is 1. The van der Waals surface area contributed by atoms with E-state index in [1.165, 1.54) is 5.56 Å². The van der Waals surface area contributed by atoms with Gasteiger partial charge in [-0.15, -0.1) is 0 Å². The average Bonchev–Trinajstić information content (AvgIpc) is 3.07. The van der Waals surface area contributed by atoms with Gasteiger partial charge in [-0.3, -0.25) is 0 Å². The molecule has 0 radical (unpaired) electrons. The van der Waals surface area contributed by atoms with Crippen LogP contribution >= 0.6 is 0 Å². The Morgan fingerprint density at radius 2 is 1.62 bits per heavy atom. The smallest absolute Gasteiger partial charge is 0.137 e. The van der Waals surface area contributed by atoms with Crippen LogP contribution in [0.15, 0.2) is 101 Å². The van der Waals surface area contributed by atoms with Gasteiger partial charge in [-0.2, -0.15) is 0 Å². The molecule has 4 aromatic rings. The number of nitrogens with one attached hydrogen (secondary N) is 1. The molecule has 3 aromatic carbocycles. The number of benzene rings is 3. The molecule has 0 amide bonds. The maximum absolute atomic E-state index is 5.98. The highest BCUT2D eigenvalue weighted by Gasteiger charge is 2.11. The summed E-state index contributed by atoms with van der Waals surface area (Å²) in [6.45, 7) is 0. The molecule has 1 heterocycles. The standard InChI is InChI=1S/C24H19NO/c1-2-6-17(7-3-1)18-10-12-19(13-11-18)25-20-14-15-22-21-8-4-5-9-23(21)26-24(22)16-20/h1-10,12-16,18,25H,11H2. The zero-order valence-corrected chi connectivity index (χ0v) is 14.4. The molecule has 1 aromatic heterocycles. The number of fused-ring (bicyclic) bond motifs is 3. The van der Waals surface area contributed by atoms with Crippen LogP contribution in [-0.4, -0.2) is 0 Å². The van der Waals surface area contributed by atoms with Crippen molar-refractivity contribution in [3.05, 3.63) is 102 Å². The Kier molecular flexibility index (Phi) is 3.60. The fourth-order valence-electron chi connectivity index (χ4n) is 3.63. The molecule has 0 aliphatic heterocycles. The van der Waals surface area contributed by atoms with E-state index in [-0.39, 0.29) is 0 Å². The van der Waals surface area contributed by atoms with Crippen LogP contribution in [0.2, 0.25) is 0 Å². The Hall–Kier alpha value is -3.26. The van der Waals surface area contributed by atoms with E-state index in [1.807, 2.05) is 18.2 Å². The zero-order valence-electron chi connectivity index (χ0n) is 14.4. The molecular weight excluding hydrogens is 318 g/mol. The molecule has 1 N–H and O–H groups in total. The molecule has 0 spiro atoms. The van der Waals surface area contributed by atoms with Gasteiger partial charge in [0.05, 0.1) is 0 Å². The number of hydrogen-bond donors (Lipinski definition) is 1. The van der Waals surface area contributed by atoms with Gasteiger partial charge in [0.2, 0.25) is 0 Å². The summed E-state index contributed by atoms with van der Waals surface area (Å²) in [5.41, 5.74) is 5.39. The van der Waals surface area contributed by atoms with Gasteiger partial charge < -0.3 is 9.73 Å². The number of rotatable bonds is 3. The molecule has 26 heavy (non-hydrogen) atoms. The second kappa shape index (κ2) is 6.23. The Morgan fingerprint density at radius 3 is 2.46 bits per heavy atom. The van der Waals surface area contributed by atoms with E-state index >= 15 is 0 Å². The van der Waals surface area contributed by atoms with Gasteiger partial charge in [0.1, 0.15) is 11.2 Å². The summed E-state index contributed by atoms with van der Waals surface area (Å²) < 4.78 is 5.98. The molecule has 1 aliphatic carbocycles. The van der Waals surface area contributed by atoms with E-state index in [0.29, 0.717) is 5.92 Å². The van der Waals surface area contributed by atoms with Crippen molar-refractivity contribution < 1.29 is 4.42 Å². The van der Waals surface area contributed by atoms with Crippen molar-refractivity contribution in [3.63, 3.8) is 0 Å². The summed E-state index contributed by atoms with van der Waals surface area (Å²) in [7, 11) is 0. The minimum atomic E-state index is 0.458. The SMILES string of the molecule is C1=CC(c2ccccc2)CC=C1Nc1ccc2c(c1)oc1ccccc12. The maximum atomic E-state index is 5.98. The Labute approximate surface area is 152 Å². The maximum Gasteiger partial charge on any atom is 0.137 e. The third-order valence-corrected chi connectivity index (χ3v) is 4.99. The van der Waals surface area contributed by atoms with Crippen LogP contribution in [0.25, 0.3) is 21.9 Å². The van der Waals surface area contributed by atoms with Gasteiger partial charge in [0, 0.05) is 34.1 Å². The molecule has 2 nitrogen and oxygen atoms in total. The van der Waals surface area contributed by atoms with Gasteiger partial charge >= 0.3 is 0 Å². The molecule has 126 valence electrons. The van der Waals surface area contributed by atoms with Gasteiger partial charge in [-0.05, 0) is 36.3 Å². The van der Waals surface area contributed by atoms with Crippen molar-refractivity contribution in [2.24, 2.45) is 0 Å². The fourth-order valence-corrected chi connectivity index (χ4v) is 3.63. The van der Waals surface area contributed by atoms with Crippen molar-refractivity contribution in [3.8, 4) is 0 Å². The quantitative estimate of drug-likeness (QED) is 0.454. The first kappa shape index (κ1) is 15.0. The molecule has 2 heteroatoms. The minimum Gasteiger partial charge on any atom is -0.456 e. The molecule has 0 fully saturated rings. The summed E-state index contributed by atoms with van der Waals surface area (Å²) in [6.07, 6.45) is 7.72. The summed E-state index contributed by atoms with van der Waals surface area (Å²) >= 11 is 0. The topological polar surface area (TPSA) is 25.2 Å². The van der Waals surface area contributed by atoms with Crippen LogP contribution in [0.5, 0.6) is 0 Å². The molecule has 0 saturated heterocycles. The van der Waals surface area contributed by atoms with Crippen molar-refractivity contribution in [1.29, 1.82) is 0 Å². The van der Waals surface area contributed by atoms with E-state index in [9.17, 15) is 0 Å². The number of furan rings is 1. The first-order valence-electron chi connectivity index (χ1n) is 8.98. The summed E-state index contributed by atoms with van der Waals surface area (Å²) in [5.74, 6) is 0.458. The summed E-state index contributed by atoms with van der Waals surface area (Å²) in [4.78, 5) is 0. The van der Waals surface area contributed by atoms with E-state index in [1.54, 1.807) is 0 Å². The van der Waals surface area contributed by atoms with Crippen molar-refractivity contribution in [2.75, 3.05) is 5.32 Å². The van der Waals surface area contributed by atoms with Crippen LogP contribution in [-0.2, 0) is 0 Å². The van der Waals surface area contributed by atoms with Gasteiger partial charge in [-0.1, -0.05) is 60.7 Å². The number of hydrogen-bond acceptors (Lipinski definition) is 2. The fraction of sp³-hybridized carbons (Fsp3) is 0.0833. The second-order valence-electron chi connectivity index (χ2n) is 6.71. The number of para-hydroxylation sites is 1. The average molecular weight is 337 g/mol. The van der Waals surface area contributed by atoms with Crippen LogP contribution in [0.4, 0.5) is 5.69 Å². The first-order chi connectivity index (χ1) is 12.9. The largest absolute Gasteiger partial charge is 0.456 e. The molecule has 1 aliphatic rings. The molecular formula is C24H19NO. The van der Waals surface area contributed by atoms with E-state index < -0.39 is 0 Å². The van der Waals surface area contributed by atoms with E-state index in [0.717, 1.165) is 39.7 Å². The first-order valence-corrected chi connectivity index (χ1v) is 8.98. The van der Waals surface area contributed by atoms with Crippen molar-refractivity contribution in [1.82, 2.24) is 0 Å². The van der Waals surface area contributed by atoms with Gasteiger partial charge in [-0.25, -0.2) is 0 Å². The highest BCUT2D eigenvalue weighted by Crippen LogP contribution is 2.31. The van der Waals surface area contributed by atoms with E-state index in [4.69, 9.17) is 4.42 Å². The lowest BCUT2D eigenvalue weighted by molar-refractivity contribution is 0.669. The second-order valence-corrected chi connectivity index (χ2v) is 6.71. The van der Waals surface area contributed by atoms with Crippen molar-refractivity contribution >= 4 is 27.6 Å². The van der Waals surface area contributed by atoms with E-state index in [2.05, 4.69) is 78.1 Å². The van der Waals surface area contributed by atoms with Crippen LogP contribution in [0, 0.1) is 0 Å². The summed E-state index contributed by atoms with van der Waals surface area (Å²) in [5, 5.41) is 5.82. The summed E-state index contributed by atoms with van der Waals surface area (Å²) in [6, 6.07) is 25.1. The minimum absolute atomic E-state index is 0.458. The zero-order chi connectivity index (χ0) is 17.3. The predicted molar refractivity (Wildman–Crippen MR) is 108 cm³/mol. The molecule has 0 saturated carbocycles. The Morgan fingerprint density at radius 1 is 0.808 bits per heavy atom.